The number of rotatable bonds is 9. The number of hydrogen-bond acceptors (Lipinski definition) is 7. The number of nitrogens with one attached hydrogen (secondary N) is 3. The smallest absolute Gasteiger partial charge is 0.243 e. The molecule has 190 valence electrons. The first-order valence-corrected chi connectivity index (χ1v) is 12.8. The zero-order valence-electron chi connectivity index (χ0n) is 19.1. The van der Waals surface area contributed by atoms with Crippen LogP contribution >= 0.6 is 0 Å². The second-order valence-corrected chi connectivity index (χ2v) is 10.2. The first-order valence-electron chi connectivity index (χ1n) is 11.4. The number of morpholine rings is 1. The van der Waals surface area contributed by atoms with Gasteiger partial charge in [-0.05, 0) is 43.2 Å². The molecule has 0 aliphatic carbocycles. The summed E-state index contributed by atoms with van der Waals surface area (Å²) in [6.45, 7) is 2.20. The van der Waals surface area contributed by atoms with Gasteiger partial charge in [-0.1, -0.05) is 0 Å². The molecule has 2 aromatic rings. The van der Waals surface area contributed by atoms with Crippen LogP contribution in [0.15, 0.2) is 41.3 Å². The van der Waals surface area contributed by atoms with Crippen molar-refractivity contribution >= 4 is 33.0 Å². The Hall–Kier alpha value is -2.80. The zero-order chi connectivity index (χ0) is 24.8. The van der Waals surface area contributed by atoms with Crippen molar-refractivity contribution < 1.29 is 31.5 Å². The molecule has 0 bridgehead atoms. The van der Waals surface area contributed by atoms with Crippen LogP contribution in [0.2, 0.25) is 0 Å². The van der Waals surface area contributed by atoms with E-state index in [2.05, 4.69) is 16.0 Å². The molecule has 2 heterocycles. The van der Waals surface area contributed by atoms with Crippen molar-refractivity contribution in [2.45, 2.75) is 23.8 Å². The van der Waals surface area contributed by atoms with E-state index in [9.17, 15) is 22.0 Å². The Kier molecular flexibility index (Phi) is 8.16. The van der Waals surface area contributed by atoms with Gasteiger partial charge in [0.15, 0.2) is 11.6 Å². The van der Waals surface area contributed by atoms with E-state index < -0.39 is 27.6 Å². The number of benzene rings is 2. The van der Waals surface area contributed by atoms with Gasteiger partial charge < -0.3 is 25.4 Å². The van der Waals surface area contributed by atoms with Crippen LogP contribution in [0.1, 0.15) is 12.8 Å². The number of carbonyl (C=O) groups is 1. The summed E-state index contributed by atoms with van der Waals surface area (Å²) in [7, 11) is -3.74. The lowest BCUT2D eigenvalue weighted by molar-refractivity contribution is -0.114. The van der Waals surface area contributed by atoms with Crippen molar-refractivity contribution in [2.75, 3.05) is 62.0 Å². The highest BCUT2D eigenvalue weighted by Crippen LogP contribution is 2.28. The number of ether oxygens (including phenoxy) is 2. The monoisotopic (exact) mass is 510 g/mol. The van der Waals surface area contributed by atoms with Crippen LogP contribution in [0, 0.1) is 11.6 Å². The van der Waals surface area contributed by atoms with E-state index in [-0.39, 0.29) is 36.3 Å². The summed E-state index contributed by atoms with van der Waals surface area (Å²) < 4.78 is 65.0. The topological polar surface area (TPSA) is 109 Å². The van der Waals surface area contributed by atoms with E-state index in [0.717, 1.165) is 25.0 Å². The second kappa shape index (κ2) is 11.3. The lowest BCUT2D eigenvalue weighted by Gasteiger charge is -2.26. The van der Waals surface area contributed by atoms with Crippen LogP contribution in [0.4, 0.5) is 25.8 Å². The quantitative estimate of drug-likeness (QED) is 0.476. The molecule has 0 aromatic heterocycles. The van der Waals surface area contributed by atoms with E-state index in [1.165, 1.54) is 22.5 Å². The van der Waals surface area contributed by atoms with Gasteiger partial charge in [0.25, 0.3) is 0 Å². The highest BCUT2D eigenvalue weighted by Gasteiger charge is 2.27. The average Bonchev–Trinajstić information content (AvgIpc) is 3.38. The third-order valence-corrected chi connectivity index (χ3v) is 7.68. The molecule has 0 unspecified atom stereocenters. The molecule has 0 saturated carbocycles. The summed E-state index contributed by atoms with van der Waals surface area (Å²) in [4.78, 5) is 12.5. The minimum atomic E-state index is -3.74. The van der Waals surface area contributed by atoms with E-state index in [1.54, 1.807) is 6.07 Å². The molecule has 1 amide bonds. The Bertz CT molecular complexity index is 1150. The maximum absolute atomic E-state index is 13.4. The van der Waals surface area contributed by atoms with Gasteiger partial charge in [0.1, 0.15) is 0 Å². The summed E-state index contributed by atoms with van der Waals surface area (Å²) in [5.41, 5.74) is 1.14. The minimum Gasteiger partial charge on any atom is -0.381 e. The molecule has 9 nitrogen and oxygen atoms in total. The number of hydrogen-bond donors (Lipinski definition) is 3. The van der Waals surface area contributed by atoms with Gasteiger partial charge >= 0.3 is 0 Å². The van der Waals surface area contributed by atoms with Gasteiger partial charge in [-0.25, -0.2) is 17.2 Å². The Morgan fingerprint density at radius 3 is 2.51 bits per heavy atom. The predicted molar refractivity (Wildman–Crippen MR) is 127 cm³/mol. The van der Waals surface area contributed by atoms with Crippen LogP contribution in [-0.4, -0.2) is 70.7 Å². The fraction of sp³-hybridized carbons (Fsp3) is 0.435. The summed E-state index contributed by atoms with van der Waals surface area (Å²) in [5.74, 6) is -2.60. The van der Waals surface area contributed by atoms with Crippen molar-refractivity contribution in [3.63, 3.8) is 0 Å². The average molecular weight is 511 g/mol. The molecule has 0 spiro atoms. The lowest BCUT2D eigenvalue weighted by Crippen LogP contribution is -2.40. The fourth-order valence-electron chi connectivity index (χ4n) is 3.90. The molecule has 2 aliphatic rings. The zero-order valence-corrected chi connectivity index (χ0v) is 19.9. The number of nitrogens with zero attached hydrogens (tertiary/aromatic N) is 1. The van der Waals surface area contributed by atoms with Gasteiger partial charge in [0.2, 0.25) is 15.9 Å². The number of halogens is 2. The van der Waals surface area contributed by atoms with Crippen LogP contribution in [0.3, 0.4) is 0 Å². The molecule has 12 heteroatoms. The lowest BCUT2D eigenvalue weighted by atomic mass is 10.2. The molecule has 2 saturated heterocycles. The first-order chi connectivity index (χ1) is 16.8. The van der Waals surface area contributed by atoms with Crippen molar-refractivity contribution in [1.82, 2.24) is 4.31 Å². The Labute approximate surface area is 202 Å². The number of carbonyl (C=O) groups excluding carboxylic acids is 1. The molecule has 35 heavy (non-hydrogen) atoms. The van der Waals surface area contributed by atoms with Gasteiger partial charge in [-0.2, -0.15) is 4.31 Å². The van der Waals surface area contributed by atoms with Gasteiger partial charge in [0.05, 0.1) is 42.1 Å². The Balaban J connectivity index is 1.49. The largest absolute Gasteiger partial charge is 0.381 e. The summed E-state index contributed by atoms with van der Waals surface area (Å²) in [6.07, 6.45) is 1.96. The fourth-order valence-corrected chi connectivity index (χ4v) is 5.34. The number of anilines is 3. The van der Waals surface area contributed by atoms with E-state index >= 15 is 0 Å². The summed E-state index contributed by atoms with van der Waals surface area (Å²) >= 11 is 0. The molecule has 3 N–H and O–H groups in total. The summed E-state index contributed by atoms with van der Waals surface area (Å²) in [5, 5.41) is 8.71. The van der Waals surface area contributed by atoms with Crippen LogP contribution < -0.4 is 16.0 Å². The standard InChI is InChI=1S/C23H28F2N4O5S/c24-19-5-3-16(12-20(19)25)28-23(30)15-27-22-13-18(35(31,32)29-7-10-33-11-8-29)4-6-21(22)26-14-17-2-1-9-34-17/h3-6,12-13,17,26-27H,1-2,7-11,14-15H2,(H,28,30)/t17-/m0/s1. The second-order valence-electron chi connectivity index (χ2n) is 8.27. The van der Waals surface area contributed by atoms with Crippen molar-refractivity contribution in [1.29, 1.82) is 0 Å². The van der Waals surface area contributed by atoms with Crippen molar-refractivity contribution in [3.05, 3.63) is 48.0 Å². The van der Waals surface area contributed by atoms with E-state index in [0.29, 0.717) is 37.7 Å². The highest BCUT2D eigenvalue weighted by atomic mass is 32.2. The van der Waals surface area contributed by atoms with Crippen molar-refractivity contribution in [2.24, 2.45) is 0 Å². The maximum Gasteiger partial charge on any atom is 0.243 e. The van der Waals surface area contributed by atoms with E-state index in [4.69, 9.17) is 9.47 Å². The Morgan fingerprint density at radius 1 is 1.00 bits per heavy atom. The molecule has 1 atom stereocenters. The molecule has 2 aromatic carbocycles. The predicted octanol–water partition coefficient (Wildman–Crippen LogP) is 2.63. The van der Waals surface area contributed by atoms with Crippen LogP contribution in [0.5, 0.6) is 0 Å². The van der Waals surface area contributed by atoms with Crippen molar-refractivity contribution in [3.8, 4) is 0 Å². The molecule has 2 fully saturated rings. The van der Waals surface area contributed by atoms with E-state index in [1.807, 2.05) is 0 Å². The van der Waals surface area contributed by atoms with Gasteiger partial charge in [-0.15, -0.1) is 0 Å². The third kappa shape index (κ3) is 6.45. The van der Waals surface area contributed by atoms with Crippen LogP contribution in [0.25, 0.3) is 0 Å². The maximum atomic E-state index is 13.4. The number of amides is 1. The van der Waals surface area contributed by atoms with Crippen LogP contribution in [-0.2, 0) is 24.3 Å². The summed E-state index contributed by atoms with van der Waals surface area (Å²) in [6, 6.07) is 7.71. The number of sulfonamides is 1. The molecule has 4 rings (SSSR count). The van der Waals surface area contributed by atoms with Gasteiger partial charge in [-0.3, -0.25) is 4.79 Å². The molecule has 2 aliphatic heterocycles. The molecule has 0 radical (unpaired) electrons. The molecular weight excluding hydrogens is 482 g/mol. The highest BCUT2D eigenvalue weighted by molar-refractivity contribution is 7.89. The molecular formula is C23H28F2N4O5S. The SMILES string of the molecule is O=C(CNc1cc(S(=O)(=O)N2CCOCC2)ccc1NC[C@@H]1CCCO1)Nc1ccc(F)c(F)c1. The third-order valence-electron chi connectivity index (χ3n) is 5.79. The normalized spacial score (nSPS) is 18.9. The minimum absolute atomic E-state index is 0.0521. The first kappa shape index (κ1) is 25.3. The Morgan fingerprint density at radius 2 is 1.80 bits per heavy atom. The van der Waals surface area contributed by atoms with Gasteiger partial charge in [0, 0.05) is 38.0 Å².